The molecule has 2 aromatic rings. The molecule has 0 heterocycles. The molecule has 0 saturated heterocycles. The van der Waals surface area contributed by atoms with Crippen LogP contribution in [0.5, 0.6) is 0 Å². The Balaban J connectivity index is 1.60. The van der Waals surface area contributed by atoms with Crippen LogP contribution in [0.25, 0.3) is 12.2 Å². The maximum atomic E-state index is 5.90. The van der Waals surface area contributed by atoms with E-state index in [1.807, 2.05) is 36.4 Å². The summed E-state index contributed by atoms with van der Waals surface area (Å²) in [6.45, 7) is 14.0. The van der Waals surface area contributed by atoms with Crippen LogP contribution in [0.3, 0.4) is 0 Å². The fourth-order valence-electron chi connectivity index (χ4n) is 2.48. The predicted molar refractivity (Wildman–Crippen MR) is 113 cm³/mol. The lowest BCUT2D eigenvalue weighted by Crippen LogP contribution is -2.28. The van der Waals surface area contributed by atoms with E-state index in [0.717, 1.165) is 23.1 Å². The number of hydrogen-bond donors (Lipinski definition) is 0. The van der Waals surface area contributed by atoms with E-state index in [4.69, 9.17) is 9.47 Å². The average molecular weight is 368 g/mol. The summed E-state index contributed by atoms with van der Waals surface area (Å²) in [6, 6.07) is 16.5. The number of aliphatic hydroxyl groups is 2. The van der Waals surface area contributed by atoms with E-state index in [0.29, 0.717) is 26.6 Å². The molecule has 27 heavy (non-hydrogen) atoms. The third kappa shape index (κ3) is 7.92. The third-order valence-corrected chi connectivity index (χ3v) is 4.39. The lowest BCUT2D eigenvalue weighted by Gasteiger charge is -2.23. The zero-order chi connectivity index (χ0) is 19.5. The highest BCUT2D eigenvalue weighted by molar-refractivity contribution is 5.47. The first-order valence-corrected chi connectivity index (χ1v) is 9.30. The fourth-order valence-corrected chi connectivity index (χ4v) is 2.48. The Hall–Kier alpha value is -2.20. The van der Waals surface area contributed by atoms with E-state index in [1.54, 1.807) is 0 Å². The van der Waals surface area contributed by atoms with Crippen molar-refractivity contribution >= 4 is 12.2 Å². The molecule has 0 saturated carbocycles. The van der Waals surface area contributed by atoms with Gasteiger partial charge in [0.1, 0.15) is 0 Å². The zero-order valence-corrected chi connectivity index (χ0v) is 16.5. The van der Waals surface area contributed by atoms with Crippen molar-refractivity contribution in [1.29, 1.82) is 0 Å². The second kappa shape index (κ2) is 10.8. The third-order valence-electron chi connectivity index (χ3n) is 4.39. The SMILES string of the molecule is C=Cc1ccc(COCCC(C)(C)OC[OH+]Cc2ccc(C=C)cc2)cc1. The standard InChI is InChI=1S/C24H30O3/c1-5-20-7-11-22(12-8-20)17-25-16-15-24(3,4)27-19-26-18-23-13-9-21(6-2)10-14-23/h5-14H,1-2,15-19H2,3-4H3/p+1. The van der Waals surface area contributed by atoms with Gasteiger partial charge in [-0.25, -0.2) is 0 Å². The highest BCUT2D eigenvalue weighted by Gasteiger charge is 2.19. The summed E-state index contributed by atoms with van der Waals surface area (Å²) in [7, 11) is 0. The van der Waals surface area contributed by atoms with Gasteiger partial charge in [0, 0.05) is 12.2 Å². The molecule has 0 bridgehead atoms. The van der Waals surface area contributed by atoms with Crippen molar-refractivity contribution in [2.24, 2.45) is 0 Å². The molecule has 0 aliphatic carbocycles. The van der Waals surface area contributed by atoms with Crippen LogP contribution in [0.1, 0.15) is 42.5 Å². The van der Waals surface area contributed by atoms with Crippen LogP contribution < -0.4 is 0 Å². The Morgan fingerprint density at radius 3 is 2.00 bits per heavy atom. The minimum Gasteiger partial charge on any atom is -0.409 e. The minimum atomic E-state index is -0.261. The molecule has 0 fully saturated rings. The number of hydrogen-bond acceptors (Lipinski definition) is 2. The average Bonchev–Trinajstić information content (AvgIpc) is 2.69. The van der Waals surface area contributed by atoms with Crippen molar-refractivity contribution in [3.8, 4) is 0 Å². The van der Waals surface area contributed by atoms with Crippen molar-refractivity contribution in [1.82, 2.24) is 0 Å². The summed E-state index contributed by atoms with van der Waals surface area (Å²) in [5, 5.41) is 0. The van der Waals surface area contributed by atoms with Crippen LogP contribution in [0, 0.1) is 0 Å². The molecular weight excluding hydrogens is 336 g/mol. The van der Waals surface area contributed by atoms with Crippen molar-refractivity contribution in [3.05, 3.63) is 83.9 Å². The molecule has 2 rings (SSSR count). The van der Waals surface area contributed by atoms with E-state index >= 15 is 0 Å². The molecule has 0 radical (unpaired) electrons. The Kier molecular flexibility index (Phi) is 8.46. The quantitative estimate of drug-likeness (QED) is 0.287. The van der Waals surface area contributed by atoms with Crippen LogP contribution in [-0.4, -0.2) is 23.7 Å². The number of ether oxygens (including phenoxy) is 3. The maximum absolute atomic E-state index is 5.90. The number of benzene rings is 2. The van der Waals surface area contributed by atoms with Gasteiger partial charge in [-0.15, -0.1) is 0 Å². The summed E-state index contributed by atoms with van der Waals surface area (Å²) in [5.74, 6) is 0. The van der Waals surface area contributed by atoms with E-state index in [1.165, 1.54) is 5.56 Å². The van der Waals surface area contributed by atoms with Gasteiger partial charge in [0.25, 0.3) is 6.79 Å². The second-order valence-corrected chi connectivity index (χ2v) is 7.11. The van der Waals surface area contributed by atoms with Crippen molar-refractivity contribution in [2.75, 3.05) is 13.4 Å². The molecule has 0 aliphatic rings. The predicted octanol–water partition coefficient (Wildman–Crippen LogP) is 5.36. The van der Waals surface area contributed by atoms with Gasteiger partial charge in [-0.2, -0.15) is 0 Å². The molecule has 0 aromatic heterocycles. The summed E-state index contributed by atoms with van der Waals surface area (Å²) in [6.07, 6.45) is 4.50. The van der Waals surface area contributed by atoms with Crippen molar-refractivity contribution in [2.45, 2.75) is 39.1 Å². The smallest absolute Gasteiger partial charge is 0.255 e. The largest absolute Gasteiger partial charge is 0.409 e. The summed E-state index contributed by atoms with van der Waals surface area (Å²) in [4.78, 5) is 0. The highest BCUT2D eigenvalue weighted by atomic mass is 16.7. The zero-order valence-electron chi connectivity index (χ0n) is 16.5. The molecule has 1 N–H and O–H groups in total. The number of rotatable bonds is 12. The molecule has 0 aliphatic heterocycles. The topological polar surface area (TPSA) is 31.3 Å². The monoisotopic (exact) mass is 367 g/mol. The Morgan fingerprint density at radius 1 is 0.889 bits per heavy atom. The van der Waals surface area contributed by atoms with Crippen LogP contribution in [-0.2, 0) is 22.7 Å². The summed E-state index contributed by atoms with van der Waals surface area (Å²) in [5.41, 5.74) is 4.31. The summed E-state index contributed by atoms with van der Waals surface area (Å²) >= 11 is 0. The second-order valence-electron chi connectivity index (χ2n) is 7.11. The Labute approximate surface area is 163 Å². The first-order valence-electron chi connectivity index (χ1n) is 9.30. The normalized spacial score (nSPS) is 11.3. The van der Waals surface area contributed by atoms with Gasteiger partial charge in [0.2, 0.25) is 0 Å². The first-order chi connectivity index (χ1) is 13.0. The van der Waals surface area contributed by atoms with Gasteiger partial charge in [0.05, 0.1) is 12.2 Å². The van der Waals surface area contributed by atoms with Gasteiger partial charge >= 0.3 is 0 Å². The Bertz CT molecular complexity index is 638. The maximum Gasteiger partial charge on any atom is 0.255 e. The lowest BCUT2D eigenvalue weighted by atomic mass is 10.1. The van der Waals surface area contributed by atoms with E-state index in [2.05, 4.69) is 56.0 Å². The summed E-state index contributed by atoms with van der Waals surface area (Å²) < 4.78 is 16.2. The lowest BCUT2D eigenvalue weighted by molar-refractivity contribution is -0.215. The molecule has 3 nitrogen and oxygen atoms in total. The molecule has 0 unspecified atom stereocenters. The van der Waals surface area contributed by atoms with E-state index in [9.17, 15) is 0 Å². The minimum absolute atomic E-state index is 0.261. The fraction of sp³-hybridized carbons (Fsp3) is 0.333. The van der Waals surface area contributed by atoms with Crippen molar-refractivity contribution < 1.29 is 14.2 Å². The molecule has 144 valence electrons. The first kappa shape index (κ1) is 21.1. The molecule has 2 aromatic carbocycles. The van der Waals surface area contributed by atoms with Crippen LogP contribution in [0.4, 0.5) is 0 Å². The van der Waals surface area contributed by atoms with Crippen LogP contribution in [0.2, 0.25) is 0 Å². The molecule has 0 amide bonds. The Morgan fingerprint density at radius 2 is 1.44 bits per heavy atom. The highest BCUT2D eigenvalue weighted by Crippen LogP contribution is 2.15. The van der Waals surface area contributed by atoms with Crippen molar-refractivity contribution in [3.63, 3.8) is 0 Å². The van der Waals surface area contributed by atoms with Gasteiger partial charge in [-0.05, 0) is 37.0 Å². The van der Waals surface area contributed by atoms with Gasteiger partial charge in [0.15, 0.2) is 6.61 Å². The molecule has 3 heteroatoms. The molecule has 0 spiro atoms. The van der Waals surface area contributed by atoms with E-state index < -0.39 is 0 Å². The van der Waals surface area contributed by atoms with Gasteiger partial charge < -0.3 is 14.2 Å². The van der Waals surface area contributed by atoms with E-state index in [-0.39, 0.29) is 5.60 Å². The van der Waals surface area contributed by atoms with Gasteiger partial charge in [-0.3, -0.25) is 0 Å². The van der Waals surface area contributed by atoms with Crippen LogP contribution in [0.15, 0.2) is 61.7 Å². The molecule has 0 atom stereocenters. The van der Waals surface area contributed by atoms with Gasteiger partial charge in [-0.1, -0.05) is 73.8 Å². The van der Waals surface area contributed by atoms with Crippen LogP contribution >= 0.6 is 0 Å². The molecular formula is C24H31O3+.